The molecule has 0 radical (unpaired) electrons. The summed E-state index contributed by atoms with van der Waals surface area (Å²) in [7, 11) is 1.64. The Bertz CT molecular complexity index is 273. The molecule has 12 heavy (non-hydrogen) atoms. The van der Waals surface area contributed by atoms with Crippen molar-refractivity contribution in [3.8, 4) is 0 Å². The molecule has 0 aliphatic heterocycles. The molecular weight excluding hydrogens is 218 g/mol. The molecule has 0 aliphatic rings. The third kappa shape index (κ3) is 2.30. The van der Waals surface area contributed by atoms with Gasteiger partial charge in [-0.05, 0) is 24.1 Å². The number of nitrogens with zero attached hydrogens (tertiary/aromatic N) is 1. The second kappa shape index (κ2) is 4.03. The van der Waals surface area contributed by atoms with Gasteiger partial charge in [-0.1, -0.05) is 28.1 Å². The van der Waals surface area contributed by atoms with Gasteiger partial charge in [0, 0.05) is 18.1 Å². The molecule has 0 amide bonds. The second-order valence-electron chi connectivity index (χ2n) is 2.84. The highest BCUT2D eigenvalue weighted by Crippen LogP contribution is 2.19. The highest BCUT2D eigenvalue weighted by Gasteiger charge is 2.02. The van der Waals surface area contributed by atoms with Crippen LogP contribution in [0, 0.1) is 6.92 Å². The van der Waals surface area contributed by atoms with Gasteiger partial charge in [-0.15, -0.1) is 0 Å². The van der Waals surface area contributed by atoms with Crippen LogP contribution in [0.4, 0.5) is 0 Å². The summed E-state index contributed by atoms with van der Waals surface area (Å²) in [5.74, 6) is 0. The predicted octanol–water partition coefficient (Wildman–Crippen LogP) is 2.58. The second-order valence-corrected chi connectivity index (χ2v) is 3.69. The minimum absolute atomic E-state index is 0.561. The minimum Gasteiger partial charge on any atom is -0.314 e. The first-order valence-corrected chi connectivity index (χ1v) is 4.54. The molecule has 3 heteroatoms. The molecule has 0 atom stereocenters. The summed E-state index contributed by atoms with van der Waals surface area (Å²) in [6, 6.07) is 5.97. The SMILES string of the molecule is Cc1c(Br)cccc1CN(C)O. The van der Waals surface area contributed by atoms with Crippen molar-refractivity contribution in [2.45, 2.75) is 13.5 Å². The molecule has 0 unspecified atom stereocenters. The average molecular weight is 230 g/mol. The van der Waals surface area contributed by atoms with Crippen LogP contribution in [0.5, 0.6) is 0 Å². The Labute approximate surface area is 80.9 Å². The number of halogens is 1. The van der Waals surface area contributed by atoms with Gasteiger partial charge in [0.1, 0.15) is 0 Å². The van der Waals surface area contributed by atoms with E-state index in [-0.39, 0.29) is 0 Å². The fourth-order valence-electron chi connectivity index (χ4n) is 1.07. The fraction of sp³-hybridized carbons (Fsp3) is 0.333. The van der Waals surface area contributed by atoms with E-state index in [2.05, 4.69) is 15.9 Å². The van der Waals surface area contributed by atoms with Gasteiger partial charge in [0.15, 0.2) is 0 Å². The van der Waals surface area contributed by atoms with E-state index in [0.29, 0.717) is 6.54 Å². The van der Waals surface area contributed by atoms with Gasteiger partial charge in [0.2, 0.25) is 0 Å². The van der Waals surface area contributed by atoms with E-state index < -0.39 is 0 Å². The van der Waals surface area contributed by atoms with E-state index in [9.17, 15) is 0 Å². The van der Waals surface area contributed by atoms with Crippen LogP contribution in [0.1, 0.15) is 11.1 Å². The molecule has 0 heterocycles. The highest BCUT2D eigenvalue weighted by molar-refractivity contribution is 9.10. The van der Waals surface area contributed by atoms with E-state index in [1.54, 1.807) is 7.05 Å². The Morgan fingerprint density at radius 1 is 1.50 bits per heavy atom. The van der Waals surface area contributed by atoms with Crippen molar-refractivity contribution >= 4 is 15.9 Å². The Kier molecular flexibility index (Phi) is 3.26. The van der Waals surface area contributed by atoms with Crippen molar-refractivity contribution in [1.29, 1.82) is 0 Å². The Hall–Kier alpha value is -0.380. The maximum Gasteiger partial charge on any atom is 0.0488 e. The minimum atomic E-state index is 0.561. The van der Waals surface area contributed by atoms with Gasteiger partial charge in [-0.3, -0.25) is 0 Å². The summed E-state index contributed by atoms with van der Waals surface area (Å²) in [6.45, 7) is 2.59. The molecule has 0 aliphatic carbocycles. The summed E-state index contributed by atoms with van der Waals surface area (Å²) in [5, 5.41) is 10.2. The van der Waals surface area contributed by atoms with Gasteiger partial charge in [-0.2, -0.15) is 5.06 Å². The highest BCUT2D eigenvalue weighted by atomic mass is 79.9. The van der Waals surface area contributed by atoms with E-state index >= 15 is 0 Å². The zero-order chi connectivity index (χ0) is 9.14. The standard InChI is InChI=1S/C9H12BrNO/c1-7-8(6-11(2)12)4-3-5-9(7)10/h3-5,12H,6H2,1-2H3. The lowest BCUT2D eigenvalue weighted by molar-refractivity contribution is -0.0733. The number of rotatable bonds is 2. The first-order valence-electron chi connectivity index (χ1n) is 3.75. The first-order chi connectivity index (χ1) is 5.61. The van der Waals surface area contributed by atoms with Gasteiger partial charge < -0.3 is 5.21 Å². The van der Waals surface area contributed by atoms with Crippen molar-refractivity contribution in [1.82, 2.24) is 5.06 Å². The lowest BCUT2D eigenvalue weighted by Gasteiger charge is -2.11. The summed E-state index contributed by atoms with van der Waals surface area (Å²) in [6.07, 6.45) is 0. The molecular formula is C9H12BrNO. The van der Waals surface area contributed by atoms with E-state index in [4.69, 9.17) is 5.21 Å². The molecule has 0 saturated heterocycles. The molecule has 0 saturated carbocycles. The van der Waals surface area contributed by atoms with Crippen molar-refractivity contribution in [2.75, 3.05) is 7.05 Å². The summed E-state index contributed by atoms with van der Waals surface area (Å²) >= 11 is 3.44. The number of hydrogen-bond acceptors (Lipinski definition) is 2. The third-order valence-electron chi connectivity index (χ3n) is 1.78. The molecule has 1 aromatic carbocycles. The number of benzene rings is 1. The maximum absolute atomic E-state index is 9.04. The van der Waals surface area contributed by atoms with Gasteiger partial charge in [-0.25, -0.2) is 0 Å². The van der Waals surface area contributed by atoms with Crippen molar-refractivity contribution < 1.29 is 5.21 Å². The van der Waals surface area contributed by atoms with Crippen LogP contribution in [0.15, 0.2) is 22.7 Å². The molecule has 1 aromatic rings. The van der Waals surface area contributed by atoms with Crippen LogP contribution < -0.4 is 0 Å². The van der Waals surface area contributed by atoms with Gasteiger partial charge in [0.05, 0.1) is 0 Å². The number of hydroxylamine groups is 2. The zero-order valence-corrected chi connectivity index (χ0v) is 8.80. The molecule has 1 rings (SSSR count). The first kappa shape index (κ1) is 9.71. The Morgan fingerprint density at radius 3 is 2.75 bits per heavy atom. The van der Waals surface area contributed by atoms with Crippen molar-refractivity contribution in [3.05, 3.63) is 33.8 Å². The van der Waals surface area contributed by atoms with Crippen LogP contribution >= 0.6 is 15.9 Å². The molecule has 2 nitrogen and oxygen atoms in total. The lowest BCUT2D eigenvalue weighted by atomic mass is 10.1. The average Bonchev–Trinajstić information content (AvgIpc) is 1.98. The normalized spacial score (nSPS) is 10.8. The van der Waals surface area contributed by atoms with Crippen LogP contribution in [-0.2, 0) is 6.54 Å². The summed E-state index contributed by atoms with van der Waals surface area (Å²) < 4.78 is 1.09. The van der Waals surface area contributed by atoms with Crippen LogP contribution in [0.25, 0.3) is 0 Å². The lowest BCUT2D eigenvalue weighted by Crippen LogP contribution is -2.12. The Morgan fingerprint density at radius 2 is 2.17 bits per heavy atom. The van der Waals surface area contributed by atoms with Crippen molar-refractivity contribution in [3.63, 3.8) is 0 Å². The third-order valence-corrected chi connectivity index (χ3v) is 2.64. The van der Waals surface area contributed by atoms with E-state index in [1.165, 1.54) is 10.6 Å². The zero-order valence-electron chi connectivity index (χ0n) is 7.21. The van der Waals surface area contributed by atoms with Gasteiger partial charge >= 0.3 is 0 Å². The molecule has 0 fully saturated rings. The topological polar surface area (TPSA) is 23.5 Å². The van der Waals surface area contributed by atoms with Crippen LogP contribution in [0.3, 0.4) is 0 Å². The van der Waals surface area contributed by atoms with Gasteiger partial charge in [0.25, 0.3) is 0 Å². The molecule has 1 N–H and O–H groups in total. The molecule has 0 bridgehead atoms. The number of hydrogen-bond donors (Lipinski definition) is 1. The van der Waals surface area contributed by atoms with Crippen molar-refractivity contribution in [2.24, 2.45) is 0 Å². The van der Waals surface area contributed by atoms with Crippen LogP contribution in [0.2, 0.25) is 0 Å². The van der Waals surface area contributed by atoms with Crippen LogP contribution in [-0.4, -0.2) is 17.3 Å². The summed E-state index contributed by atoms with van der Waals surface area (Å²) in [5.41, 5.74) is 2.31. The predicted molar refractivity (Wildman–Crippen MR) is 52.1 cm³/mol. The molecule has 0 aromatic heterocycles. The fourth-order valence-corrected chi connectivity index (χ4v) is 1.48. The quantitative estimate of drug-likeness (QED) is 0.789. The van der Waals surface area contributed by atoms with E-state index in [1.807, 2.05) is 25.1 Å². The Balaban J connectivity index is 2.92. The molecule has 0 spiro atoms. The van der Waals surface area contributed by atoms with E-state index in [0.717, 1.165) is 10.0 Å². The maximum atomic E-state index is 9.04. The molecule has 66 valence electrons. The monoisotopic (exact) mass is 229 g/mol. The largest absolute Gasteiger partial charge is 0.314 e. The summed E-state index contributed by atoms with van der Waals surface area (Å²) in [4.78, 5) is 0. The smallest absolute Gasteiger partial charge is 0.0488 e.